The van der Waals surface area contributed by atoms with Crippen molar-refractivity contribution in [2.45, 2.75) is 18.9 Å². The average Bonchev–Trinajstić information content (AvgIpc) is 3.59. The Labute approximate surface area is 201 Å². The number of rotatable bonds is 6. The summed E-state index contributed by atoms with van der Waals surface area (Å²) in [6.45, 7) is 1.19. The Balaban J connectivity index is 1.48. The lowest BCUT2D eigenvalue weighted by atomic mass is 10.2. The second-order valence-electron chi connectivity index (χ2n) is 8.05. The van der Waals surface area contributed by atoms with Crippen LogP contribution in [0.1, 0.15) is 28.9 Å². The summed E-state index contributed by atoms with van der Waals surface area (Å²) < 4.78 is 7.65. The highest BCUT2D eigenvalue weighted by molar-refractivity contribution is 8.18. The molecule has 0 aliphatic carbocycles. The third-order valence-corrected chi connectivity index (χ3v) is 6.72. The standard InChI is InChI=1S/C26H23N3O4S/c30-24-23(16-21-11-5-13-28(21)20-10-4-7-18(15-20)25(31)32)34-26(27-19-8-2-1-3-9-19)29(24)17-22-12-6-14-33-22/h1-5,7-11,13,15-16,22H,6,12,14,17H2,(H,31,32)/b23-16-,27-26?/t22-/m1/s1. The molecule has 172 valence electrons. The van der Waals surface area contributed by atoms with Crippen molar-refractivity contribution in [3.05, 3.63) is 89.1 Å². The number of aromatic carboxylic acids is 1. The Morgan fingerprint density at radius 2 is 2.00 bits per heavy atom. The van der Waals surface area contributed by atoms with Crippen molar-refractivity contribution in [1.29, 1.82) is 0 Å². The van der Waals surface area contributed by atoms with Gasteiger partial charge in [-0.05, 0) is 73.1 Å². The molecule has 1 aromatic heterocycles. The Morgan fingerprint density at radius 3 is 2.76 bits per heavy atom. The van der Waals surface area contributed by atoms with E-state index in [4.69, 9.17) is 9.73 Å². The first-order valence-corrected chi connectivity index (χ1v) is 11.9. The largest absolute Gasteiger partial charge is 0.478 e. The smallest absolute Gasteiger partial charge is 0.335 e. The number of aliphatic imine (C=N–C) groups is 1. The van der Waals surface area contributed by atoms with Gasteiger partial charge in [0.15, 0.2) is 5.17 Å². The minimum atomic E-state index is -0.984. The quantitative estimate of drug-likeness (QED) is 0.512. The summed E-state index contributed by atoms with van der Waals surface area (Å²) in [5.74, 6) is -1.09. The zero-order valence-electron chi connectivity index (χ0n) is 18.3. The Hall–Kier alpha value is -3.62. The number of amides is 1. The van der Waals surface area contributed by atoms with Gasteiger partial charge in [0.2, 0.25) is 0 Å². The van der Waals surface area contributed by atoms with E-state index in [9.17, 15) is 14.7 Å². The molecule has 0 saturated carbocycles. The molecule has 2 aliphatic rings. The third-order valence-electron chi connectivity index (χ3n) is 5.71. The SMILES string of the molecule is O=C(O)c1cccc(-n2cccc2/C=C2\SC(=Nc3ccccc3)N(C[C@H]3CCCO3)C2=O)c1. The van der Waals surface area contributed by atoms with Crippen LogP contribution in [0.2, 0.25) is 0 Å². The minimum absolute atomic E-state index is 0.00694. The normalized spacial score (nSPS) is 20.5. The molecule has 2 aromatic carbocycles. The molecule has 3 aromatic rings. The zero-order chi connectivity index (χ0) is 23.5. The number of hydrogen-bond acceptors (Lipinski definition) is 5. The predicted octanol–water partition coefficient (Wildman–Crippen LogP) is 4.96. The summed E-state index contributed by atoms with van der Waals surface area (Å²) in [6.07, 6.45) is 5.61. The van der Waals surface area contributed by atoms with Crippen LogP contribution in [0.4, 0.5) is 5.69 Å². The van der Waals surface area contributed by atoms with E-state index in [2.05, 4.69) is 0 Å². The van der Waals surface area contributed by atoms with Crippen molar-refractivity contribution < 1.29 is 19.4 Å². The van der Waals surface area contributed by atoms with Gasteiger partial charge in [-0.15, -0.1) is 0 Å². The number of carboxylic acid groups (broad SMARTS) is 1. The molecular formula is C26H23N3O4S. The van der Waals surface area contributed by atoms with Crippen molar-refractivity contribution in [3.8, 4) is 5.69 Å². The fourth-order valence-corrected chi connectivity index (χ4v) is 5.02. The van der Waals surface area contributed by atoms with Gasteiger partial charge >= 0.3 is 5.97 Å². The van der Waals surface area contributed by atoms with Gasteiger partial charge in [-0.3, -0.25) is 9.69 Å². The number of benzene rings is 2. The Bertz CT molecular complexity index is 1280. The van der Waals surface area contributed by atoms with Gasteiger partial charge in [-0.25, -0.2) is 9.79 Å². The first kappa shape index (κ1) is 22.2. The van der Waals surface area contributed by atoms with Crippen molar-refractivity contribution in [1.82, 2.24) is 9.47 Å². The number of amidine groups is 1. The number of hydrogen-bond donors (Lipinski definition) is 1. The Kier molecular flexibility index (Phi) is 6.33. The van der Waals surface area contributed by atoms with E-state index >= 15 is 0 Å². The number of ether oxygens (including phenoxy) is 1. The molecule has 0 unspecified atom stereocenters. The van der Waals surface area contributed by atoms with Crippen molar-refractivity contribution in [2.75, 3.05) is 13.2 Å². The van der Waals surface area contributed by atoms with E-state index in [1.807, 2.05) is 65.4 Å². The highest BCUT2D eigenvalue weighted by Crippen LogP contribution is 2.35. The fourth-order valence-electron chi connectivity index (χ4n) is 4.03. The van der Waals surface area contributed by atoms with Crippen molar-refractivity contribution in [2.24, 2.45) is 4.99 Å². The molecule has 1 N–H and O–H groups in total. The van der Waals surface area contributed by atoms with E-state index in [1.54, 1.807) is 23.1 Å². The molecule has 0 spiro atoms. The molecule has 2 fully saturated rings. The summed E-state index contributed by atoms with van der Waals surface area (Å²) in [7, 11) is 0. The number of thioether (sulfide) groups is 1. The maximum absolute atomic E-state index is 13.4. The Morgan fingerprint density at radius 1 is 1.15 bits per heavy atom. The number of para-hydroxylation sites is 1. The summed E-state index contributed by atoms with van der Waals surface area (Å²) in [5.41, 5.74) is 2.47. The highest BCUT2D eigenvalue weighted by Gasteiger charge is 2.36. The number of nitrogens with zero attached hydrogens (tertiary/aromatic N) is 3. The van der Waals surface area contributed by atoms with Crippen LogP contribution in [0.25, 0.3) is 11.8 Å². The molecule has 1 amide bonds. The van der Waals surface area contributed by atoms with Gasteiger partial charge < -0.3 is 14.4 Å². The second kappa shape index (κ2) is 9.70. The van der Waals surface area contributed by atoms with Gasteiger partial charge in [-0.1, -0.05) is 24.3 Å². The number of aromatic nitrogens is 1. The summed E-state index contributed by atoms with van der Waals surface area (Å²) in [5, 5.41) is 9.97. The lowest BCUT2D eigenvalue weighted by Crippen LogP contribution is -2.36. The molecule has 5 rings (SSSR count). The molecule has 7 nitrogen and oxygen atoms in total. The van der Waals surface area contributed by atoms with Gasteiger partial charge in [0, 0.05) is 24.2 Å². The van der Waals surface area contributed by atoms with E-state index in [1.165, 1.54) is 11.8 Å². The van der Waals surface area contributed by atoms with E-state index in [-0.39, 0.29) is 17.6 Å². The number of carboxylic acids is 1. The van der Waals surface area contributed by atoms with Crippen molar-refractivity contribution >= 4 is 40.6 Å². The summed E-state index contributed by atoms with van der Waals surface area (Å²) in [6, 6.07) is 20.1. The highest BCUT2D eigenvalue weighted by atomic mass is 32.2. The maximum atomic E-state index is 13.4. The van der Waals surface area contributed by atoms with Gasteiger partial charge in [0.05, 0.1) is 28.8 Å². The molecular weight excluding hydrogens is 450 g/mol. The predicted molar refractivity (Wildman–Crippen MR) is 133 cm³/mol. The van der Waals surface area contributed by atoms with Crippen LogP contribution in [0, 0.1) is 0 Å². The molecule has 34 heavy (non-hydrogen) atoms. The first-order chi connectivity index (χ1) is 16.6. The van der Waals surface area contributed by atoms with Crippen LogP contribution in [0.3, 0.4) is 0 Å². The van der Waals surface area contributed by atoms with Crippen molar-refractivity contribution in [3.63, 3.8) is 0 Å². The maximum Gasteiger partial charge on any atom is 0.335 e. The number of carbonyl (C=O) groups excluding carboxylic acids is 1. The van der Waals surface area contributed by atoms with Crippen LogP contribution < -0.4 is 0 Å². The van der Waals surface area contributed by atoms with Crippen LogP contribution in [-0.4, -0.2) is 50.9 Å². The summed E-state index contributed by atoms with van der Waals surface area (Å²) in [4.78, 5) is 31.8. The van der Waals surface area contributed by atoms with E-state index < -0.39 is 5.97 Å². The first-order valence-electron chi connectivity index (χ1n) is 11.1. The molecule has 0 bridgehead atoms. The monoisotopic (exact) mass is 473 g/mol. The minimum Gasteiger partial charge on any atom is -0.478 e. The van der Waals surface area contributed by atoms with Crippen LogP contribution in [0.15, 0.2) is 82.8 Å². The topological polar surface area (TPSA) is 84.1 Å². The lowest BCUT2D eigenvalue weighted by Gasteiger charge is -2.19. The van der Waals surface area contributed by atoms with Crippen LogP contribution in [0.5, 0.6) is 0 Å². The van der Waals surface area contributed by atoms with Crippen LogP contribution >= 0.6 is 11.8 Å². The van der Waals surface area contributed by atoms with E-state index in [0.29, 0.717) is 22.3 Å². The summed E-state index contributed by atoms with van der Waals surface area (Å²) >= 11 is 1.34. The molecule has 0 radical (unpaired) electrons. The lowest BCUT2D eigenvalue weighted by molar-refractivity contribution is -0.123. The molecule has 1 atom stereocenters. The molecule has 2 aliphatic heterocycles. The molecule has 3 heterocycles. The fraction of sp³-hybridized carbons (Fsp3) is 0.192. The number of carbonyl (C=O) groups is 2. The molecule has 8 heteroatoms. The van der Waals surface area contributed by atoms with Gasteiger partial charge in [0.1, 0.15) is 0 Å². The zero-order valence-corrected chi connectivity index (χ0v) is 19.1. The third kappa shape index (κ3) is 4.69. The van der Waals surface area contributed by atoms with Gasteiger partial charge in [0.25, 0.3) is 5.91 Å². The van der Waals surface area contributed by atoms with Gasteiger partial charge in [-0.2, -0.15) is 0 Å². The second-order valence-corrected chi connectivity index (χ2v) is 9.06. The van der Waals surface area contributed by atoms with E-state index in [0.717, 1.165) is 30.8 Å². The molecule has 2 saturated heterocycles. The average molecular weight is 474 g/mol. The van der Waals surface area contributed by atoms with Crippen LogP contribution in [-0.2, 0) is 9.53 Å².